The SMILES string of the molecule is C=CCn1cc(C(O)(c2ccc3c(cnn3-c3ccc(F)cc3)c2)C(F)(F)F)cc1C(=O)N(C)CC(OC)OC.C=CCn1cc(C(O)(c2ccc3c(cnn3-c3ccc(F)cc3)c2)C(F)(F)F)cc1C(=O)O. The van der Waals surface area contributed by atoms with E-state index in [0.29, 0.717) is 33.2 Å². The van der Waals surface area contributed by atoms with E-state index < -0.39 is 81.3 Å². The molecule has 0 saturated heterocycles. The van der Waals surface area contributed by atoms with Crippen LogP contribution in [0.15, 0.2) is 147 Å². The van der Waals surface area contributed by atoms with E-state index in [4.69, 9.17) is 9.47 Å². The van der Waals surface area contributed by atoms with E-state index in [1.54, 1.807) is 0 Å². The van der Waals surface area contributed by atoms with Gasteiger partial charge in [-0.25, -0.2) is 22.9 Å². The van der Waals surface area contributed by atoms with Crippen molar-refractivity contribution in [2.45, 2.75) is 42.9 Å². The fraction of sp³-hybridized carbons (Fsp3) is 0.216. The summed E-state index contributed by atoms with van der Waals surface area (Å²) >= 11 is 0. The standard InChI is InChI=1S/C28H28F4N4O4.C23H17F4N3O3/c1-5-12-35-16-20(14-24(35)26(37)34(2)17-25(39-3)40-4)27(38,28(30,31)32)19-6-11-23-18(13-19)15-33-36(23)22-9-7-21(29)8-10-22;1-2-9-29-13-16(11-20(29)21(31)32)22(33,23(25,26)27)15-3-8-19-14(10-15)12-28-30(19)18-6-4-17(24)5-7-18/h5-11,13-16,25,38H,1,12,17H2,2-4H3;2-8,10-13,33H,1,9H2,(H,31,32). The Kier molecular flexibility index (Phi) is 15.0. The number of hydrogen-bond donors (Lipinski definition) is 3. The van der Waals surface area contributed by atoms with Crippen LogP contribution in [0.1, 0.15) is 43.2 Å². The number of carboxylic acid groups (broad SMARTS) is 1. The highest BCUT2D eigenvalue weighted by atomic mass is 19.4. The number of carboxylic acids is 1. The molecule has 3 N–H and O–H groups in total. The van der Waals surface area contributed by atoms with Crippen LogP contribution in [0, 0.1) is 11.6 Å². The number of nitrogens with zero attached hydrogens (tertiary/aromatic N) is 7. The van der Waals surface area contributed by atoms with Gasteiger partial charge in [0, 0.05) is 68.6 Å². The second kappa shape index (κ2) is 20.7. The van der Waals surface area contributed by atoms with Gasteiger partial charge in [0.1, 0.15) is 23.0 Å². The Labute approximate surface area is 410 Å². The zero-order valence-corrected chi connectivity index (χ0v) is 38.9. The molecule has 0 bridgehead atoms. The van der Waals surface area contributed by atoms with Gasteiger partial charge < -0.3 is 38.8 Å². The van der Waals surface area contributed by atoms with Crippen molar-refractivity contribution in [3.05, 3.63) is 192 Å². The third-order valence-corrected chi connectivity index (χ3v) is 11.9. The molecule has 0 spiro atoms. The first-order valence-electron chi connectivity index (χ1n) is 21.7. The first kappa shape index (κ1) is 52.9. The molecule has 0 saturated carbocycles. The smallest absolute Gasteiger partial charge is 0.425 e. The number of benzene rings is 4. The number of aromatic carboxylic acids is 1. The maximum atomic E-state index is 14.7. The number of ether oxygens (including phenoxy) is 2. The lowest BCUT2D eigenvalue weighted by Gasteiger charge is -2.30. The van der Waals surface area contributed by atoms with Gasteiger partial charge in [-0.05, 0) is 96.1 Å². The molecule has 2 unspecified atom stereocenters. The van der Waals surface area contributed by atoms with Crippen molar-refractivity contribution in [2.75, 3.05) is 27.8 Å². The highest BCUT2D eigenvalue weighted by Gasteiger charge is 2.58. The van der Waals surface area contributed by atoms with Gasteiger partial charge in [0.05, 0.1) is 41.3 Å². The molecule has 8 rings (SSSR count). The summed E-state index contributed by atoms with van der Waals surface area (Å²) in [6.45, 7) is 7.07. The number of aromatic nitrogens is 6. The molecular formula is C51H45F8N7O7. The van der Waals surface area contributed by atoms with Crippen molar-refractivity contribution in [2.24, 2.45) is 0 Å². The number of carbonyl (C=O) groups is 2. The molecule has 4 aromatic carbocycles. The monoisotopic (exact) mass is 1020 g/mol. The van der Waals surface area contributed by atoms with Crippen LogP contribution in [0.25, 0.3) is 33.2 Å². The molecule has 22 heteroatoms. The largest absolute Gasteiger partial charge is 0.477 e. The summed E-state index contributed by atoms with van der Waals surface area (Å²) in [5, 5.41) is 40.7. The molecule has 14 nitrogen and oxygen atoms in total. The lowest BCUT2D eigenvalue weighted by atomic mass is 9.86. The minimum Gasteiger partial charge on any atom is -0.477 e. The average Bonchev–Trinajstić information content (AvgIpc) is 4.18. The molecule has 0 aliphatic heterocycles. The number of rotatable bonds is 16. The zero-order chi connectivity index (χ0) is 53.2. The Bertz CT molecular complexity index is 3300. The lowest BCUT2D eigenvalue weighted by molar-refractivity contribution is -0.248. The van der Waals surface area contributed by atoms with Gasteiger partial charge in [-0.1, -0.05) is 24.3 Å². The van der Waals surface area contributed by atoms with Crippen LogP contribution < -0.4 is 0 Å². The number of fused-ring (bicyclic) bond motifs is 2. The average molecular weight is 1020 g/mol. The molecule has 73 heavy (non-hydrogen) atoms. The topological polar surface area (TPSA) is 162 Å². The molecule has 382 valence electrons. The third-order valence-electron chi connectivity index (χ3n) is 11.9. The Morgan fingerprint density at radius 3 is 1.41 bits per heavy atom. The Hall–Kier alpha value is -7.92. The minimum atomic E-state index is -5.16. The summed E-state index contributed by atoms with van der Waals surface area (Å²) < 4.78 is 129. The maximum absolute atomic E-state index is 14.7. The van der Waals surface area contributed by atoms with Gasteiger partial charge >= 0.3 is 18.3 Å². The fourth-order valence-electron chi connectivity index (χ4n) is 8.18. The molecule has 0 aliphatic carbocycles. The molecular weight excluding hydrogens is 975 g/mol. The molecule has 4 aromatic heterocycles. The number of amides is 1. The Morgan fingerprint density at radius 1 is 0.644 bits per heavy atom. The zero-order valence-electron chi connectivity index (χ0n) is 38.9. The molecule has 0 fully saturated rings. The van der Waals surface area contributed by atoms with Crippen molar-refractivity contribution >= 4 is 33.7 Å². The lowest BCUT2D eigenvalue weighted by Crippen LogP contribution is -2.43. The maximum Gasteiger partial charge on any atom is 0.425 e. The van der Waals surface area contributed by atoms with E-state index in [-0.39, 0.29) is 25.3 Å². The fourth-order valence-corrected chi connectivity index (χ4v) is 8.18. The third kappa shape index (κ3) is 10.1. The van der Waals surface area contributed by atoms with Gasteiger partial charge in [-0.2, -0.15) is 36.5 Å². The second-order valence-electron chi connectivity index (χ2n) is 16.5. The number of allylic oxidation sites excluding steroid dienone is 2. The van der Waals surface area contributed by atoms with Crippen LogP contribution in [0.5, 0.6) is 0 Å². The van der Waals surface area contributed by atoms with Crippen molar-refractivity contribution in [3.8, 4) is 11.4 Å². The van der Waals surface area contributed by atoms with E-state index in [1.807, 2.05) is 0 Å². The number of alkyl halides is 6. The highest BCUT2D eigenvalue weighted by Crippen LogP contribution is 2.47. The summed E-state index contributed by atoms with van der Waals surface area (Å²) in [5.41, 5.74) is -7.70. The number of carbonyl (C=O) groups excluding carboxylic acids is 1. The van der Waals surface area contributed by atoms with E-state index in [2.05, 4.69) is 23.4 Å². The van der Waals surface area contributed by atoms with E-state index in [0.717, 1.165) is 47.3 Å². The van der Waals surface area contributed by atoms with Crippen LogP contribution in [-0.2, 0) is 33.8 Å². The number of methoxy groups -OCH3 is 2. The van der Waals surface area contributed by atoms with Crippen LogP contribution in [0.2, 0.25) is 0 Å². The summed E-state index contributed by atoms with van der Waals surface area (Å²) in [4.78, 5) is 26.0. The molecule has 0 radical (unpaired) electrons. The quantitative estimate of drug-likeness (QED) is 0.0487. The predicted molar refractivity (Wildman–Crippen MR) is 251 cm³/mol. The Balaban J connectivity index is 0.000000218. The summed E-state index contributed by atoms with van der Waals surface area (Å²) in [6, 6.07) is 20.0. The number of likely N-dealkylation sites (N-methyl/N-ethyl adjacent to an activating group) is 1. The summed E-state index contributed by atoms with van der Waals surface area (Å²) in [5.74, 6) is -2.93. The van der Waals surface area contributed by atoms with E-state index >= 15 is 0 Å². The van der Waals surface area contributed by atoms with Gasteiger partial charge in [-0.3, -0.25) is 4.79 Å². The molecule has 4 heterocycles. The molecule has 2 atom stereocenters. The molecule has 1 amide bonds. The van der Waals surface area contributed by atoms with Gasteiger partial charge in [0.25, 0.3) is 5.91 Å². The molecule has 8 aromatic rings. The predicted octanol–water partition coefficient (Wildman–Crippen LogP) is 9.29. The van der Waals surface area contributed by atoms with E-state index in [1.165, 1.54) is 131 Å². The molecule has 0 aliphatic rings. The van der Waals surface area contributed by atoms with Crippen LogP contribution in [0.3, 0.4) is 0 Å². The van der Waals surface area contributed by atoms with Gasteiger partial charge in [0.2, 0.25) is 11.2 Å². The summed E-state index contributed by atoms with van der Waals surface area (Å²) in [6.07, 6.45) is -3.59. The van der Waals surface area contributed by atoms with E-state index in [9.17, 15) is 60.0 Å². The second-order valence-corrected chi connectivity index (χ2v) is 16.5. The van der Waals surface area contributed by atoms with Crippen LogP contribution >= 0.6 is 0 Å². The minimum absolute atomic E-state index is 0.0126. The van der Waals surface area contributed by atoms with Crippen molar-refractivity contribution in [1.29, 1.82) is 0 Å². The summed E-state index contributed by atoms with van der Waals surface area (Å²) in [7, 11) is 4.25. The van der Waals surface area contributed by atoms with Crippen molar-refractivity contribution in [3.63, 3.8) is 0 Å². The Morgan fingerprint density at radius 2 is 1.04 bits per heavy atom. The first-order chi connectivity index (χ1) is 34.5. The van der Waals surface area contributed by atoms with Crippen molar-refractivity contribution < 1.29 is 69.5 Å². The van der Waals surface area contributed by atoms with Gasteiger partial charge in [-0.15, -0.1) is 13.2 Å². The van der Waals surface area contributed by atoms with Crippen molar-refractivity contribution in [1.82, 2.24) is 33.6 Å². The van der Waals surface area contributed by atoms with Crippen LogP contribution in [0.4, 0.5) is 35.1 Å². The van der Waals surface area contributed by atoms with Crippen LogP contribution in [-0.4, -0.2) is 107 Å². The number of hydrogen-bond acceptors (Lipinski definition) is 8. The number of halogens is 8. The normalized spacial score (nSPS) is 13.6. The van der Waals surface area contributed by atoms with Gasteiger partial charge in [0.15, 0.2) is 6.29 Å². The number of aliphatic hydroxyl groups is 2. The first-order valence-corrected chi connectivity index (χ1v) is 21.7. The highest BCUT2D eigenvalue weighted by molar-refractivity contribution is 5.93.